The first-order valence-electron chi connectivity index (χ1n) is 6.35. The molecule has 0 saturated carbocycles. The Kier molecular flexibility index (Phi) is 4.94. The third-order valence-electron chi connectivity index (χ3n) is 3.71. The molecule has 1 nitrogen and oxygen atoms in total. The van der Waals surface area contributed by atoms with Gasteiger partial charge in [-0.05, 0) is 43.7 Å². The Morgan fingerprint density at radius 2 is 2.07 bits per heavy atom. The predicted molar refractivity (Wildman–Crippen MR) is 63.5 cm³/mol. The summed E-state index contributed by atoms with van der Waals surface area (Å²) >= 11 is 0. The molecule has 1 fully saturated rings. The van der Waals surface area contributed by atoms with Gasteiger partial charge in [-0.25, -0.2) is 0 Å². The second-order valence-electron chi connectivity index (χ2n) is 5.42. The van der Waals surface area contributed by atoms with Crippen molar-refractivity contribution in [3.63, 3.8) is 0 Å². The quantitative estimate of drug-likeness (QED) is 0.667. The molecule has 1 aliphatic rings. The zero-order valence-corrected chi connectivity index (χ0v) is 10.4. The van der Waals surface area contributed by atoms with Gasteiger partial charge < -0.3 is 4.90 Å². The maximum absolute atomic E-state index is 2.66. The monoisotopic (exact) mass is 197 g/mol. The van der Waals surface area contributed by atoms with Crippen molar-refractivity contribution in [1.82, 2.24) is 4.90 Å². The number of rotatable bonds is 4. The fraction of sp³-hybridized carbons (Fsp3) is 1.00. The molecule has 0 N–H and O–H groups in total. The highest BCUT2D eigenvalue weighted by Crippen LogP contribution is 2.25. The highest BCUT2D eigenvalue weighted by molar-refractivity contribution is 4.77. The first kappa shape index (κ1) is 12.0. The molecule has 1 rings (SSSR count). The zero-order chi connectivity index (χ0) is 10.6. The normalized spacial score (nSPS) is 29.8. The summed E-state index contributed by atoms with van der Waals surface area (Å²) in [4.78, 5) is 2.66. The van der Waals surface area contributed by atoms with E-state index in [1.54, 1.807) is 0 Å². The van der Waals surface area contributed by atoms with Crippen molar-refractivity contribution in [3.05, 3.63) is 0 Å². The molecule has 0 amide bonds. The highest BCUT2D eigenvalue weighted by atomic mass is 15.1. The molecule has 1 heterocycles. The van der Waals surface area contributed by atoms with Gasteiger partial charge in [0.05, 0.1) is 0 Å². The highest BCUT2D eigenvalue weighted by Gasteiger charge is 2.24. The van der Waals surface area contributed by atoms with Crippen molar-refractivity contribution in [2.45, 2.75) is 47.0 Å². The molecule has 1 saturated heterocycles. The molecule has 0 spiro atoms. The Hall–Kier alpha value is -0.0400. The number of hydrogen-bond acceptors (Lipinski definition) is 1. The number of nitrogens with zero attached hydrogens (tertiary/aromatic N) is 1. The molecule has 1 aliphatic heterocycles. The molecular weight excluding hydrogens is 170 g/mol. The molecule has 0 aliphatic carbocycles. The molecule has 2 unspecified atom stereocenters. The van der Waals surface area contributed by atoms with Crippen LogP contribution < -0.4 is 0 Å². The van der Waals surface area contributed by atoms with Crippen LogP contribution >= 0.6 is 0 Å². The van der Waals surface area contributed by atoms with Crippen LogP contribution in [0.5, 0.6) is 0 Å². The summed E-state index contributed by atoms with van der Waals surface area (Å²) in [5.41, 5.74) is 0. The number of hydrogen-bond donors (Lipinski definition) is 0. The van der Waals surface area contributed by atoms with Gasteiger partial charge in [-0.3, -0.25) is 0 Å². The molecule has 0 aromatic heterocycles. The van der Waals surface area contributed by atoms with E-state index in [0.717, 1.165) is 17.8 Å². The van der Waals surface area contributed by atoms with Crippen LogP contribution in [0.25, 0.3) is 0 Å². The average molecular weight is 197 g/mol. The summed E-state index contributed by atoms with van der Waals surface area (Å²) < 4.78 is 0. The van der Waals surface area contributed by atoms with Gasteiger partial charge in [-0.1, -0.05) is 34.1 Å². The Morgan fingerprint density at radius 3 is 2.57 bits per heavy atom. The van der Waals surface area contributed by atoms with Crippen molar-refractivity contribution in [2.75, 3.05) is 19.6 Å². The summed E-state index contributed by atoms with van der Waals surface area (Å²) in [7, 11) is 0. The maximum Gasteiger partial charge on any atom is 0.000967 e. The lowest BCUT2D eigenvalue weighted by atomic mass is 9.85. The van der Waals surface area contributed by atoms with Gasteiger partial charge >= 0.3 is 0 Å². The molecular formula is C13H27N. The van der Waals surface area contributed by atoms with E-state index < -0.39 is 0 Å². The average Bonchev–Trinajstić information content (AvgIpc) is 2.15. The van der Waals surface area contributed by atoms with Crippen molar-refractivity contribution >= 4 is 0 Å². The molecule has 0 aromatic carbocycles. The van der Waals surface area contributed by atoms with E-state index in [0.29, 0.717) is 0 Å². The minimum Gasteiger partial charge on any atom is -0.303 e. The summed E-state index contributed by atoms with van der Waals surface area (Å²) in [6.07, 6.45) is 4.17. The number of piperidine rings is 1. The molecule has 84 valence electrons. The Balaban J connectivity index is 2.24. The molecule has 1 heteroatoms. The van der Waals surface area contributed by atoms with Crippen LogP contribution in [0.15, 0.2) is 0 Å². The third-order valence-corrected chi connectivity index (χ3v) is 3.71. The van der Waals surface area contributed by atoms with Crippen molar-refractivity contribution in [2.24, 2.45) is 17.8 Å². The van der Waals surface area contributed by atoms with Gasteiger partial charge in [0.1, 0.15) is 0 Å². The molecule has 0 aromatic rings. The molecule has 0 bridgehead atoms. The maximum atomic E-state index is 2.66. The minimum absolute atomic E-state index is 0.856. The number of likely N-dealkylation sites (tertiary alicyclic amines) is 1. The third kappa shape index (κ3) is 3.61. The summed E-state index contributed by atoms with van der Waals surface area (Å²) in [5, 5.41) is 0. The summed E-state index contributed by atoms with van der Waals surface area (Å²) in [6, 6.07) is 0. The summed E-state index contributed by atoms with van der Waals surface area (Å²) in [5.74, 6) is 2.76. The van der Waals surface area contributed by atoms with E-state index >= 15 is 0 Å². The second kappa shape index (κ2) is 5.75. The van der Waals surface area contributed by atoms with Gasteiger partial charge in [0.15, 0.2) is 0 Å². The van der Waals surface area contributed by atoms with E-state index in [2.05, 4.69) is 32.6 Å². The van der Waals surface area contributed by atoms with E-state index in [1.807, 2.05) is 0 Å². The van der Waals surface area contributed by atoms with Gasteiger partial charge in [-0.2, -0.15) is 0 Å². The van der Waals surface area contributed by atoms with E-state index in [4.69, 9.17) is 0 Å². The van der Waals surface area contributed by atoms with Gasteiger partial charge in [0.25, 0.3) is 0 Å². The van der Waals surface area contributed by atoms with Gasteiger partial charge in [-0.15, -0.1) is 0 Å². The lowest BCUT2D eigenvalue weighted by Gasteiger charge is -2.36. The van der Waals surface area contributed by atoms with Crippen molar-refractivity contribution in [3.8, 4) is 0 Å². The first-order valence-corrected chi connectivity index (χ1v) is 6.35. The SMILES string of the molecule is CCC1CCN(CCC(C)C)CC1C. The minimum atomic E-state index is 0.856. The second-order valence-corrected chi connectivity index (χ2v) is 5.42. The van der Waals surface area contributed by atoms with Crippen LogP contribution in [0.1, 0.15) is 47.0 Å². The standard InChI is InChI=1S/C13H27N/c1-5-13-7-9-14(10-12(13)4)8-6-11(2)3/h11-13H,5-10H2,1-4H3. The molecule has 14 heavy (non-hydrogen) atoms. The van der Waals surface area contributed by atoms with Crippen molar-refractivity contribution in [1.29, 1.82) is 0 Å². The topological polar surface area (TPSA) is 3.24 Å². The van der Waals surface area contributed by atoms with Crippen LogP contribution in [0.4, 0.5) is 0 Å². The van der Waals surface area contributed by atoms with Crippen LogP contribution in [0.2, 0.25) is 0 Å². The van der Waals surface area contributed by atoms with Crippen LogP contribution in [0, 0.1) is 17.8 Å². The van der Waals surface area contributed by atoms with Gasteiger partial charge in [0, 0.05) is 6.54 Å². The summed E-state index contributed by atoms with van der Waals surface area (Å²) in [6.45, 7) is 13.4. The fourth-order valence-electron chi connectivity index (χ4n) is 2.53. The lowest BCUT2D eigenvalue weighted by molar-refractivity contribution is 0.122. The van der Waals surface area contributed by atoms with Crippen molar-refractivity contribution < 1.29 is 0 Å². The van der Waals surface area contributed by atoms with E-state index in [-0.39, 0.29) is 0 Å². The Morgan fingerprint density at radius 1 is 1.36 bits per heavy atom. The smallest absolute Gasteiger partial charge is 0.000967 e. The van der Waals surface area contributed by atoms with Gasteiger partial charge in [0.2, 0.25) is 0 Å². The predicted octanol–water partition coefficient (Wildman–Crippen LogP) is 3.40. The van der Waals surface area contributed by atoms with E-state index in [1.165, 1.54) is 38.9 Å². The van der Waals surface area contributed by atoms with Crippen LogP contribution in [-0.2, 0) is 0 Å². The lowest BCUT2D eigenvalue weighted by Crippen LogP contribution is -2.39. The Labute approximate surface area is 89.9 Å². The molecule has 0 radical (unpaired) electrons. The largest absolute Gasteiger partial charge is 0.303 e. The van der Waals surface area contributed by atoms with Crippen LogP contribution in [0.3, 0.4) is 0 Å². The first-order chi connectivity index (χ1) is 6.63. The fourth-order valence-corrected chi connectivity index (χ4v) is 2.53. The van der Waals surface area contributed by atoms with Crippen LogP contribution in [-0.4, -0.2) is 24.5 Å². The molecule has 2 atom stereocenters. The zero-order valence-electron chi connectivity index (χ0n) is 10.4. The van der Waals surface area contributed by atoms with E-state index in [9.17, 15) is 0 Å². The Bertz CT molecular complexity index is 153.